The monoisotopic (exact) mass is 252 g/mol. The number of hydrogen-bond donors (Lipinski definition) is 1. The SMILES string of the molecule is CCC(CC)(CN)c1nc(-c2cscn2)no1. The van der Waals surface area contributed by atoms with Crippen molar-refractivity contribution in [2.45, 2.75) is 32.1 Å². The molecule has 2 aromatic heterocycles. The van der Waals surface area contributed by atoms with Crippen LogP contribution in [0.25, 0.3) is 11.5 Å². The van der Waals surface area contributed by atoms with Gasteiger partial charge in [0.05, 0.1) is 10.9 Å². The predicted molar refractivity (Wildman–Crippen MR) is 66.7 cm³/mol. The zero-order chi connectivity index (χ0) is 12.3. The van der Waals surface area contributed by atoms with Crippen LogP contribution in [0.1, 0.15) is 32.6 Å². The Labute approximate surface area is 104 Å². The highest BCUT2D eigenvalue weighted by Gasteiger charge is 2.33. The van der Waals surface area contributed by atoms with Gasteiger partial charge in [0, 0.05) is 11.9 Å². The van der Waals surface area contributed by atoms with Gasteiger partial charge < -0.3 is 10.3 Å². The summed E-state index contributed by atoms with van der Waals surface area (Å²) >= 11 is 1.51. The van der Waals surface area contributed by atoms with Crippen molar-refractivity contribution in [2.75, 3.05) is 6.54 Å². The Hall–Kier alpha value is -1.27. The highest BCUT2D eigenvalue weighted by atomic mass is 32.1. The lowest BCUT2D eigenvalue weighted by molar-refractivity contribution is 0.267. The van der Waals surface area contributed by atoms with Crippen LogP contribution in [-0.4, -0.2) is 21.7 Å². The van der Waals surface area contributed by atoms with Gasteiger partial charge in [-0.3, -0.25) is 0 Å². The molecule has 0 aliphatic carbocycles. The number of aromatic nitrogens is 3. The molecule has 0 bridgehead atoms. The molecule has 5 nitrogen and oxygen atoms in total. The van der Waals surface area contributed by atoms with Crippen LogP contribution in [0.15, 0.2) is 15.4 Å². The maximum Gasteiger partial charge on any atom is 0.234 e. The topological polar surface area (TPSA) is 77.8 Å². The molecule has 2 N–H and O–H groups in total. The lowest BCUT2D eigenvalue weighted by Gasteiger charge is -2.24. The minimum Gasteiger partial charge on any atom is -0.338 e. The molecular weight excluding hydrogens is 236 g/mol. The Morgan fingerprint density at radius 1 is 1.41 bits per heavy atom. The van der Waals surface area contributed by atoms with Gasteiger partial charge in [0.15, 0.2) is 0 Å². The van der Waals surface area contributed by atoms with Gasteiger partial charge in [-0.05, 0) is 12.8 Å². The van der Waals surface area contributed by atoms with Crippen molar-refractivity contribution in [2.24, 2.45) is 5.73 Å². The summed E-state index contributed by atoms with van der Waals surface area (Å²) in [7, 11) is 0. The molecule has 0 aliphatic heterocycles. The number of nitrogens with zero attached hydrogens (tertiary/aromatic N) is 3. The van der Waals surface area contributed by atoms with Crippen LogP contribution in [0.5, 0.6) is 0 Å². The first-order valence-corrected chi connectivity index (χ1v) is 6.63. The summed E-state index contributed by atoms with van der Waals surface area (Å²) in [6, 6.07) is 0. The normalized spacial score (nSPS) is 11.9. The predicted octanol–water partition coefficient (Wildman–Crippen LogP) is 2.21. The standard InChI is InChI=1S/C11H16N4OS/c1-3-11(4-2,6-12)10-14-9(15-16-10)8-5-17-7-13-8/h5,7H,3-4,6,12H2,1-2H3. The average Bonchev–Trinajstić information content (AvgIpc) is 3.03. The van der Waals surface area contributed by atoms with E-state index in [1.165, 1.54) is 11.3 Å². The smallest absolute Gasteiger partial charge is 0.234 e. The molecule has 2 rings (SSSR count). The molecule has 0 radical (unpaired) electrons. The highest BCUT2D eigenvalue weighted by molar-refractivity contribution is 7.07. The fourth-order valence-corrected chi connectivity index (χ4v) is 2.32. The Balaban J connectivity index is 2.35. The first-order valence-electron chi connectivity index (χ1n) is 5.68. The van der Waals surface area contributed by atoms with E-state index < -0.39 is 0 Å². The summed E-state index contributed by atoms with van der Waals surface area (Å²) in [5.41, 5.74) is 8.14. The van der Waals surface area contributed by atoms with Crippen LogP contribution in [-0.2, 0) is 5.41 Å². The molecule has 0 saturated heterocycles. The van der Waals surface area contributed by atoms with Crippen LogP contribution >= 0.6 is 11.3 Å². The second-order valence-electron chi connectivity index (χ2n) is 3.99. The Bertz CT molecular complexity index is 453. The van der Waals surface area contributed by atoms with Crippen LogP contribution < -0.4 is 5.73 Å². The molecule has 92 valence electrons. The number of hydrogen-bond acceptors (Lipinski definition) is 6. The Kier molecular flexibility index (Phi) is 3.54. The van der Waals surface area contributed by atoms with Crippen LogP contribution in [0.4, 0.5) is 0 Å². The van der Waals surface area contributed by atoms with E-state index in [1.807, 2.05) is 5.38 Å². The van der Waals surface area contributed by atoms with Crippen molar-refractivity contribution in [3.63, 3.8) is 0 Å². The average molecular weight is 252 g/mol. The highest BCUT2D eigenvalue weighted by Crippen LogP contribution is 2.30. The van der Waals surface area contributed by atoms with E-state index >= 15 is 0 Å². The second-order valence-corrected chi connectivity index (χ2v) is 4.71. The third kappa shape index (κ3) is 2.10. The molecule has 6 heteroatoms. The molecule has 0 atom stereocenters. The summed E-state index contributed by atoms with van der Waals surface area (Å²) in [6.45, 7) is 4.69. The fraction of sp³-hybridized carbons (Fsp3) is 0.545. The maximum absolute atomic E-state index is 5.85. The van der Waals surface area contributed by atoms with E-state index in [0.717, 1.165) is 18.5 Å². The Morgan fingerprint density at radius 3 is 2.71 bits per heavy atom. The van der Waals surface area contributed by atoms with Crippen LogP contribution in [0.2, 0.25) is 0 Å². The van der Waals surface area contributed by atoms with Gasteiger partial charge in [-0.2, -0.15) is 4.98 Å². The summed E-state index contributed by atoms with van der Waals surface area (Å²) in [6.07, 6.45) is 1.78. The van der Waals surface area contributed by atoms with Crippen molar-refractivity contribution in [1.29, 1.82) is 0 Å². The summed E-state index contributed by atoms with van der Waals surface area (Å²) in [5, 5.41) is 5.87. The van der Waals surface area contributed by atoms with Gasteiger partial charge in [0.1, 0.15) is 5.69 Å². The largest absolute Gasteiger partial charge is 0.338 e. The third-order valence-corrected chi connectivity index (χ3v) is 3.87. The van der Waals surface area contributed by atoms with Gasteiger partial charge in [0.25, 0.3) is 0 Å². The van der Waals surface area contributed by atoms with Gasteiger partial charge in [-0.15, -0.1) is 11.3 Å². The van der Waals surface area contributed by atoms with E-state index in [1.54, 1.807) is 5.51 Å². The van der Waals surface area contributed by atoms with E-state index in [-0.39, 0.29) is 5.41 Å². The molecule has 0 saturated carbocycles. The van der Waals surface area contributed by atoms with E-state index in [2.05, 4.69) is 29.0 Å². The molecular formula is C11H16N4OS. The van der Waals surface area contributed by atoms with E-state index in [9.17, 15) is 0 Å². The van der Waals surface area contributed by atoms with E-state index in [0.29, 0.717) is 18.3 Å². The van der Waals surface area contributed by atoms with E-state index in [4.69, 9.17) is 10.3 Å². The third-order valence-electron chi connectivity index (χ3n) is 3.29. The second kappa shape index (κ2) is 4.93. The summed E-state index contributed by atoms with van der Waals surface area (Å²) < 4.78 is 5.35. The summed E-state index contributed by atoms with van der Waals surface area (Å²) in [5.74, 6) is 1.16. The first kappa shape index (κ1) is 12.2. The van der Waals surface area contributed by atoms with Gasteiger partial charge in [-0.25, -0.2) is 4.98 Å². The maximum atomic E-state index is 5.85. The zero-order valence-corrected chi connectivity index (χ0v) is 10.8. The molecule has 0 fully saturated rings. The van der Waals surface area contributed by atoms with Gasteiger partial charge >= 0.3 is 0 Å². The van der Waals surface area contributed by atoms with Crippen molar-refractivity contribution in [3.05, 3.63) is 16.8 Å². The van der Waals surface area contributed by atoms with Crippen molar-refractivity contribution >= 4 is 11.3 Å². The zero-order valence-electron chi connectivity index (χ0n) is 10.0. The lowest BCUT2D eigenvalue weighted by Crippen LogP contribution is -2.34. The van der Waals surface area contributed by atoms with Crippen molar-refractivity contribution in [1.82, 2.24) is 15.1 Å². The number of rotatable bonds is 5. The molecule has 2 heterocycles. The molecule has 0 unspecified atom stereocenters. The molecule has 0 amide bonds. The van der Waals surface area contributed by atoms with Crippen molar-refractivity contribution in [3.8, 4) is 11.5 Å². The first-order chi connectivity index (χ1) is 8.25. The molecule has 17 heavy (non-hydrogen) atoms. The minimum absolute atomic E-state index is 0.207. The molecule has 0 spiro atoms. The fourth-order valence-electron chi connectivity index (χ4n) is 1.79. The van der Waals surface area contributed by atoms with Crippen LogP contribution in [0, 0.1) is 0 Å². The molecule has 0 aromatic carbocycles. The molecule has 0 aliphatic rings. The van der Waals surface area contributed by atoms with Crippen LogP contribution in [0.3, 0.4) is 0 Å². The lowest BCUT2D eigenvalue weighted by atomic mass is 9.82. The van der Waals surface area contributed by atoms with Crippen molar-refractivity contribution < 1.29 is 4.52 Å². The molecule has 2 aromatic rings. The van der Waals surface area contributed by atoms with Gasteiger partial charge in [-0.1, -0.05) is 19.0 Å². The number of thiazole rings is 1. The number of nitrogens with two attached hydrogens (primary N) is 1. The van der Waals surface area contributed by atoms with Gasteiger partial charge in [0.2, 0.25) is 11.7 Å². The minimum atomic E-state index is -0.207. The Morgan fingerprint density at radius 2 is 2.18 bits per heavy atom. The summed E-state index contributed by atoms with van der Waals surface area (Å²) in [4.78, 5) is 8.59. The quantitative estimate of drug-likeness (QED) is 0.882.